The molecule has 3 aromatic heterocycles. The Bertz CT molecular complexity index is 1240. The van der Waals surface area contributed by atoms with Crippen molar-refractivity contribution < 1.29 is 8.81 Å². The largest absolute Gasteiger partial charge is 0.425 e. The Balaban J connectivity index is 1.25. The van der Waals surface area contributed by atoms with Crippen LogP contribution < -0.4 is 10.2 Å². The molecule has 1 N–H and O–H groups in total. The lowest BCUT2D eigenvalue weighted by Gasteiger charge is -2.22. The number of rotatable bonds is 5. The zero-order chi connectivity index (χ0) is 22.1. The zero-order valence-corrected chi connectivity index (χ0v) is 18.3. The lowest BCUT2D eigenvalue weighted by Crippen LogP contribution is -2.30. The Morgan fingerprint density at radius 2 is 1.94 bits per heavy atom. The SMILES string of the molecule is Cc1ccc(Cl)c(CN2CCCN(c3ccc(Nc4ncnc5ncnn45)o3)CC2)c1F. The molecule has 166 valence electrons. The van der Waals surface area contributed by atoms with Gasteiger partial charge in [0.2, 0.25) is 11.8 Å². The molecule has 1 saturated heterocycles. The fourth-order valence-corrected chi connectivity index (χ4v) is 4.06. The van der Waals surface area contributed by atoms with Crippen LogP contribution in [-0.4, -0.2) is 55.6 Å². The summed E-state index contributed by atoms with van der Waals surface area (Å²) in [6.07, 6.45) is 3.77. The highest BCUT2D eigenvalue weighted by molar-refractivity contribution is 6.31. The van der Waals surface area contributed by atoms with E-state index in [1.54, 1.807) is 19.1 Å². The minimum Gasteiger partial charge on any atom is -0.425 e. The molecule has 0 radical (unpaired) electrons. The average molecular weight is 457 g/mol. The van der Waals surface area contributed by atoms with Gasteiger partial charge in [-0.2, -0.15) is 19.6 Å². The molecule has 32 heavy (non-hydrogen) atoms. The van der Waals surface area contributed by atoms with E-state index in [1.165, 1.54) is 17.2 Å². The Kier molecular flexibility index (Phi) is 5.62. The van der Waals surface area contributed by atoms with Gasteiger partial charge in [-0.15, -0.1) is 0 Å². The highest BCUT2D eigenvalue weighted by atomic mass is 35.5. The Morgan fingerprint density at radius 3 is 2.84 bits per heavy atom. The third kappa shape index (κ3) is 4.11. The van der Waals surface area contributed by atoms with Crippen LogP contribution in [0.1, 0.15) is 17.5 Å². The number of aryl methyl sites for hydroxylation is 1. The molecule has 0 aliphatic carbocycles. The molecule has 0 amide bonds. The number of fused-ring (bicyclic) bond motifs is 1. The molecule has 4 heterocycles. The van der Waals surface area contributed by atoms with Gasteiger partial charge in [0, 0.05) is 55.4 Å². The van der Waals surface area contributed by atoms with Crippen molar-refractivity contribution in [3.8, 4) is 0 Å². The van der Waals surface area contributed by atoms with Crippen molar-refractivity contribution in [2.45, 2.75) is 19.9 Å². The molecular formula is C21H22ClFN8O. The van der Waals surface area contributed by atoms with Gasteiger partial charge in [-0.3, -0.25) is 10.2 Å². The quantitative estimate of drug-likeness (QED) is 0.486. The third-order valence-electron chi connectivity index (χ3n) is 5.57. The van der Waals surface area contributed by atoms with Gasteiger partial charge in [0.25, 0.3) is 5.78 Å². The average Bonchev–Trinajstić information content (AvgIpc) is 3.40. The summed E-state index contributed by atoms with van der Waals surface area (Å²) < 4.78 is 22.1. The predicted molar refractivity (Wildman–Crippen MR) is 119 cm³/mol. The second-order valence-electron chi connectivity index (χ2n) is 7.71. The first-order valence-corrected chi connectivity index (χ1v) is 10.7. The summed E-state index contributed by atoms with van der Waals surface area (Å²) in [5.74, 6) is 2.01. The minimum absolute atomic E-state index is 0.216. The lowest BCUT2D eigenvalue weighted by atomic mass is 10.1. The van der Waals surface area contributed by atoms with Crippen molar-refractivity contribution in [3.63, 3.8) is 0 Å². The predicted octanol–water partition coefficient (Wildman–Crippen LogP) is 3.67. The van der Waals surface area contributed by atoms with E-state index >= 15 is 0 Å². The van der Waals surface area contributed by atoms with Gasteiger partial charge in [-0.25, -0.2) is 9.37 Å². The maximum Gasteiger partial charge on any atom is 0.256 e. The van der Waals surface area contributed by atoms with Crippen LogP contribution in [0.15, 0.2) is 41.3 Å². The van der Waals surface area contributed by atoms with Crippen molar-refractivity contribution in [1.82, 2.24) is 29.5 Å². The molecule has 5 rings (SSSR count). The van der Waals surface area contributed by atoms with Crippen LogP contribution in [0.5, 0.6) is 0 Å². The van der Waals surface area contributed by atoms with E-state index < -0.39 is 0 Å². The number of aromatic nitrogens is 5. The third-order valence-corrected chi connectivity index (χ3v) is 5.93. The van der Waals surface area contributed by atoms with Crippen molar-refractivity contribution in [1.29, 1.82) is 0 Å². The molecular weight excluding hydrogens is 435 g/mol. The Hall–Kier alpha value is -3.24. The molecule has 1 aromatic carbocycles. The van der Waals surface area contributed by atoms with Crippen LogP contribution in [0.3, 0.4) is 0 Å². The van der Waals surface area contributed by atoms with E-state index in [0.29, 0.717) is 40.3 Å². The number of nitrogens with zero attached hydrogens (tertiary/aromatic N) is 7. The summed E-state index contributed by atoms with van der Waals surface area (Å²) in [4.78, 5) is 16.7. The van der Waals surface area contributed by atoms with Gasteiger partial charge < -0.3 is 9.32 Å². The van der Waals surface area contributed by atoms with Gasteiger partial charge in [0.15, 0.2) is 5.88 Å². The highest BCUT2D eigenvalue weighted by Gasteiger charge is 2.20. The lowest BCUT2D eigenvalue weighted by molar-refractivity contribution is 0.281. The summed E-state index contributed by atoms with van der Waals surface area (Å²) in [6.45, 7) is 5.49. The minimum atomic E-state index is -0.216. The molecule has 11 heteroatoms. The van der Waals surface area contributed by atoms with Crippen molar-refractivity contribution in [3.05, 3.63) is 58.9 Å². The molecule has 0 spiro atoms. The highest BCUT2D eigenvalue weighted by Crippen LogP contribution is 2.27. The number of hydrogen-bond acceptors (Lipinski definition) is 8. The standard InChI is InChI=1S/C21H22ClFN8O/c1-14-3-4-16(22)15(19(14)23)11-29-7-2-8-30(10-9-29)18-6-5-17(32-18)28-21-25-12-24-20-26-13-27-31(20)21/h3-6,12-13H,2,7-11H2,1H3,(H,24,25,26,27,28). The van der Waals surface area contributed by atoms with Gasteiger partial charge in [0.05, 0.1) is 0 Å². The van der Waals surface area contributed by atoms with E-state index in [4.69, 9.17) is 16.0 Å². The molecule has 1 fully saturated rings. The van der Waals surface area contributed by atoms with E-state index in [0.717, 1.165) is 38.5 Å². The van der Waals surface area contributed by atoms with Crippen LogP contribution in [-0.2, 0) is 6.54 Å². The van der Waals surface area contributed by atoms with Gasteiger partial charge in [-0.05, 0) is 25.0 Å². The topological polar surface area (TPSA) is 87.6 Å². The summed E-state index contributed by atoms with van der Waals surface area (Å²) in [5, 5.41) is 7.70. The van der Waals surface area contributed by atoms with E-state index in [2.05, 4.69) is 35.2 Å². The molecule has 9 nitrogen and oxygen atoms in total. The van der Waals surface area contributed by atoms with Gasteiger partial charge in [0.1, 0.15) is 18.5 Å². The van der Waals surface area contributed by atoms with Crippen molar-refractivity contribution in [2.75, 3.05) is 36.4 Å². The Morgan fingerprint density at radius 1 is 1.06 bits per heavy atom. The van der Waals surface area contributed by atoms with Crippen LogP contribution in [0.4, 0.5) is 22.1 Å². The maximum atomic E-state index is 14.6. The summed E-state index contributed by atoms with van der Waals surface area (Å²) in [6, 6.07) is 7.25. The second-order valence-corrected chi connectivity index (χ2v) is 8.11. The van der Waals surface area contributed by atoms with Crippen LogP contribution in [0, 0.1) is 12.7 Å². The second kappa shape index (κ2) is 8.71. The summed E-state index contributed by atoms with van der Waals surface area (Å²) in [7, 11) is 0. The molecule has 0 bridgehead atoms. The Labute approximate surface area is 188 Å². The molecule has 1 aliphatic heterocycles. The normalized spacial score (nSPS) is 15.3. The van der Waals surface area contributed by atoms with Gasteiger partial charge in [-0.1, -0.05) is 17.7 Å². The van der Waals surface area contributed by atoms with Crippen molar-refractivity contribution >= 4 is 35.1 Å². The van der Waals surface area contributed by atoms with Crippen LogP contribution in [0.25, 0.3) is 5.78 Å². The van der Waals surface area contributed by atoms with Crippen LogP contribution >= 0.6 is 11.6 Å². The molecule has 1 aliphatic rings. The zero-order valence-electron chi connectivity index (χ0n) is 17.5. The fourth-order valence-electron chi connectivity index (χ4n) is 3.86. The first-order chi connectivity index (χ1) is 15.6. The monoisotopic (exact) mass is 456 g/mol. The number of furan rings is 1. The molecule has 4 aromatic rings. The smallest absolute Gasteiger partial charge is 0.256 e. The summed E-state index contributed by atoms with van der Waals surface area (Å²) >= 11 is 6.27. The fraction of sp³-hybridized carbons (Fsp3) is 0.333. The van der Waals surface area contributed by atoms with E-state index in [-0.39, 0.29) is 5.82 Å². The number of benzene rings is 1. The number of nitrogens with one attached hydrogen (secondary N) is 1. The molecule has 0 atom stereocenters. The maximum absolute atomic E-state index is 14.6. The first-order valence-electron chi connectivity index (χ1n) is 10.4. The molecule has 0 unspecified atom stereocenters. The number of halogens is 2. The van der Waals surface area contributed by atoms with E-state index in [9.17, 15) is 4.39 Å². The summed E-state index contributed by atoms with van der Waals surface area (Å²) in [5.41, 5.74) is 1.18. The molecule has 0 saturated carbocycles. The van der Waals surface area contributed by atoms with Crippen LogP contribution in [0.2, 0.25) is 5.02 Å². The first kappa shape index (κ1) is 20.7. The van der Waals surface area contributed by atoms with Crippen molar-refractivity contribution in [2.24, 2.45) is 0 Å². The van der Waals surface area contributed by atoms with E-state index in [1.807, 2.05) is 12.1 Å². The number of anilines is 3. The van der Waals surface area contributed by atoms with Gasteiger partial charge >= 0.3 is 0 Å². The number of hydrogen-bond donors (Lipinski definition) is 1.